The van der Waals surface area contributed by atoms with Crippen molar-refractivity contribution >= 4 is 23.2 Å². The van der Waals surface area contributed by atoms with Crippen LogP contribution in [0.5, 0.6) is 5.75 Å². The van der Waals surface area contributed by atoms with Gasteiger partial charge in [-0.3, -0.25) is 4.79 Å². The summed E-state index contributed by atoms with van der Waals surface area (Å²) in [5.74, 6) is -0.905. The first-order valence-corrected chi connectivity index (χ1v) is 7.94. The molecule has 0 bridgehead atoms. The number of amides is 1. The third-order valence-corrected chi connectivity index (χ3v) is 4.29. The van der Waals surface area contributed by atoms with E-state index in [-0.39, 0.29) is 23.1 Å². The van der Waals surface area contributed by atoms with Crippen LogP contribution in [0.1, 0.15) is 42.3 Å². The minimum Gasteiger partial charge on any atom is -0.482 e. The Morgan fingerprint density at radius 1 is 1.43 bits per heavy atom. The summed E-state index contributed by atoms with van der Waals surface area (Å²) in [6, 6.07) is 1.58. The normalized spacial score (nSPS) is 14.4. The molecule has 2 rings (SSSR count). The fraction of sp³-hybridized carbons (Fsp3) is 0.467. The van der Waals surface area contributed by atoms with Gasteiger partial charge in [0.25, 0.3) is 5.91 Å². The van der Waals surface area contributed by atoms with Gasteiger partial charge in [0.15, 0.2) is 11.5 Å². The van der Waals surface area contributed by atoms with Gasteiger partial charge < -0.3 is 14.7 Å². The van der Waals surface area contributed by atoms with Crippen LogP contribution in [0.25, 0.3) is 0 Å². The number of thiophene rings is 1. The van der Waals surface area contributed by atoms with E-state index in [0.717, 1.165) is 36.3 Å². The molecule has 1 heterocycles. The first-order valence-electron chi connectivity index (χ1n) is 7.06. The van der Waals surface area contributed by atoms with E-state index in [2.05, 4.69) is 6.08 Å². The first kappa shape index (κ1) is 15.6. The average molecular weight is 309 g/mol. The lowest BCUT2D eigenvalue weighted by Crippen LogP contribution is -2.34. The summed E-state index contributed by atoms with van der Waals surface area (Å²) in [7, 11) is 0. The molecule has 21 heavy (non-hydrogen) atoms. The van der Waals surface area contributed by atoms with Crippen LogP contribution in [-0.4, -0.2) is 35.0 Å². The number of likely N-dealkylation sites (N-methyl/N-ethyl adjacent to an activating group) is 1. The van der Waals surface area contributed by atoms with Crippen LogP contribution < -0.4 is 4.74 Å². The summed E-state index contributed by atoms with van der Waals surface area (Å²) in [4.78, 5) is 25.1. The molecular weight excluding hydrogens is 290 g/mol. The van der Waals surface area contributed by atoms with Crippen LogP contribution in [-0.2, 0) is 4.79 Å². The average Bonchev–Trinajstić information content (AvgIpc) is 2.95. The van der Waals surface area contributed by atoms with Crippen LogP contribution in [0, 0.1) is 0 Å². The van der Waals surface area contributed by atoms with Crippen molar-refractivity contribution in [2.24, 2.45) is 0 Å². The van der Waals surface area contributed by atoms with Crippen LogP contribution in [0.2, 0.25) is 0 Å². The van der Waals surface area contributed by atoms with E-state index in [4.69, 9.17) is 9.84 Å². The number of rotatable bonds is 6. The summed E-state index contributed by atoms with van der Waals surface area (Å²) < 4.78 is 5.39. The van der Waals surface area contributed by atoms with Gasteiger partial charge in [0, 0.05) is 12.2 Å². The Kier molecular flexibility index (Phi) is 5.38. The van der Waals surface area contributed by atoms with Gasteiger partial charge in [0.05, 0.1) is 0 Å². The number of ether oxygens (including phenoxy) is 1. The fourth-order valence-electron chi connectivity index (χ4n) is 2.39. The van der Waals surface area contributed by atoms with E-state index in [0.29, 0.717) is 6.54 Å². The lowest BCUT2D eigenvalue weighted by molar-refractivity contribution is -0.131. The molecule has 0 radical (unpaired) electrons. The minimum absolute atomic E-state index is 0.128. The molecule has 1 aliphatic carbocycles. The zero-order valence-corrected chi connectivity index (χ0v) is 12.8. The predicted octanol–water partition coefficient (Wildman–Crippen LogP) is 3.13. The number of hydrogen-bond donors (Lipinski definition) is 1. The SMILES string of the molecule is CCN(C(=O)COc1ccsc1C(=O)O)C1=CCCCC1. The zero-order chi connectivity index (χ0) is 15.2. The summed E-state index contributed by atoms with van der Waals surface area (Å²) in [6.45, 7) is 2.40. The molecule has 0 fully saturated rings. The molecule has 0 saturated heterocycles. The van der Waals surface area contributed by atoms with E-state index in [1.807, 2.05) is 6.92 Å². The number of aromatic carboxylic acids is 1. The van der Waals surface area contributed by atoms with Gasteiger partial charge in [-0.1, -0.05) is 6.08 Å². The number of hydrogen-bond acceptors (Lipinski definition) is 4. The van der Waals surface area contributed by atoms with E-state index >= 15 is 0 Å². The lowest BCUT2D eigenvalue weighted by atomic mass is 10.0. The van der Waals surface area contributed by atoms with Gasteiger partial charge >= 0.3 is 5.97 Å². The van der Waals surface area contributed by atoms with Crippen LogP contribution in [0.3, 0.4) is 0 Å². The lowest BCUT2D eigenvalue weighted by Gasteiger charge is -2.26. The number of carbonyl (C=O) groups is 2. The highest BCUT2D eigenvalue weighted by Crippen LogP contribution is 2.25. The van der Waals surface area contributed by atoms with Gasteiger partial charge in [-0.25, -0.2) is 4.79 Å². The molecule has 0 saturated carbocycles. The standard InChI is InChI=1S/C15H19NO4S/c1-2-16(11-6-4-3-5-7-11)13(17)10-20-12-8-9-21-14(12)15(18)19/h6,8-9H,2-5,7,10H2,1H3,(H,18,19). The molecule has 1 aliphatic rings. The van der Waals surface area contributed by atoms with Crippen molar-refractivity contribution in [1.29, 1.82) is 0 Å². The van der Waals surface area contributed by atoms with E-state index in [1.54, 1.807) is 16.3 Å². The topological polar surface area (TPSA) is 66.8 Å². The minimum atomic E-state index is -1.03. The molecule has 6 heteroatoms. The molecule has 5 nitrogen and oxygen atoms in total. The Morgan fingerprint density at radius 3 is 2.86 bits per heavy atom. The molecule has 1 aromatic heterocycles. The maximum atomic E-state index is 12.3. The largest absolute Gasteiger partial charge is 0.482 e. The van der Waals surface area contributed by atoms with Crippen molar-refractivity contribution in [1.82, 2.24) is 4.90 Å². The Bertz CT molecular complexity index is 550. The Balaban J connectivity index is 1.98. The summed E-state index contributed by atoms with van der Waals surface area (Å²) >= 11 is 1.09. The van der Waals surface area contributed by atoms with Crippen molar-refractivity contribution in [3.63, 3.8) is 0 Å². The van der Waals surface area contributed by atoms with Crippen molar-refractivity contribution in [3.8, 4) is 5.75 Å². The third-order valence-electron chi connectivity index (χ3n) is 3.41. The number of carboxylic acid groups (broad SMARTS) is 1. The van der Waals surface area contributed by atoms with Crippen molar-refractivity contribution in [2.75, 3.05) is 13.2 Å². The van der Waals surface area contributed by atoms with E-state index in [1.165, 1.54) is 6.42 Å². The maximum absolute atomic E-state index is 12.3. The summed E-state index contributed by atoms with van der Waals surface area (Å²) in [6.07, 6.45) is 6.30. The smallest absolute Gasteiger partial charge is 0.349 e. The quantitative estimate of drug-likeness (QED) is 0.876. The molecule has 1 aromatic rings. The second-order valence-corrected chi connectivity index (χ2v) is 5.70. The Labute approximate surface area is 127 Å². The Morgan fingerprint density at radius 2 is 2.24 bits per heavy atom. The first-order chi connectivity index (χ1) is 10.1. The molecule has 0 aliphatic heterocycles. The fourth-order valence-corrected chi connectivity index (χ4v) is 3.06. The van der Waals surface area contributed by atoms with Crippen molar-refractivity contribution in [3.05, 3.63) is 28.1 Å². The maximum Gasteiger partial charge on any atom is 0.349 e. The van der Waals surface area contributed by atoms with Crippen molar-refractivity contribution in [2.45, 2.75) is 32.6 Å². The molecule has 0 atom stereocenters. The van der Waals surface area contributed by atoms with Gasteiger partial charge in [0.1, 0.15) is 5.75 Å². The molecule has 1 amide bonds. The van der Waals surface area contributed by atoms with Gasteiger partial charge in [-0.2, -0.15) is 0 Å². The monoisotopic (exact) mass is 309 g/mol. The van der Waals surface area contributed by atoms with Gasteiger partial charge in [-0.15, -0.1) is 11.3 Å². The number of allylic oxidation sites excluding steroid dienone is 2. The number of nitrogens with zero attached hydrogens (tertiary/aromatic N) is 1. The number of carbonyl (C=O) groups excluding carboxylic acids is 1. The highest BCUT2D eigenvalue weighted by Gasteiger charge is 2.20. The molecule has 1 N–H and O–H groups in total. The zero-order valence-electron chi connectivity index (χ0n) is 12.0. The van der Waals surface area contributed by atoms with Gasteiger partial charge in [0.2, 0.25) is 0 Å². The van der Waals surface area contributed by atoms with E-state index in [9.17, 15) is 9.59 Å². The van der Waals surface area contributed by atoms with Crippen LogP contribution in [0.15, 0.2) is 23.2 Å². The predicted molar refractivity (Wildman–Crippen MR) is 80.7 cm³/mol. The molecule has 0 spiro atoms. The van der Waals surface area contributed by atoms with Gasteiger partial charge in [-0.05, 0) is 44.1 Å². The highest BCUT2D eigenvalue weighted by atomic mass is 32.1. The molecule has 0 unspecified atom stereocenters. The highest BCUT2D eigenvalue weighted by molar-refractivity contribution is 7.12. The molecule has 0 aromatic carbocycles. The van der Waals surface area contributed by atoms with Crippen molar-refractivity contribution < 1.29 is 19.4 Å². The second-order valence-electron chi connectivity index (χ2n) is 4.79. The second kappa shape index (κ2) is 7.26. The number of carboxylic acids is 1. The van der Waals surface area contributed by atoms with Crippen LogP contribution in [0.4, 0.5) is 0 Å². The Hall–Kier alpha value is -1.82. The third kappa shape index (κ3) is 3.85. The summed E-state index contributed by atoms with van der Waals surface area (Å²) in [5.41, 5.74) is 1.06. The molecule has 114 valence electrons. The van der Waals surface area contributed by atoms with Crippen LogP contribution >= 0.6 is 11.3 Å². The van der Waals surface area contributed by atoms with E-state index < -0.39 is 5.97 Å². The summed E-state index contributed by atoms with van der Waals surface area (Å²) in [5, 5.41) is 10.6. The molecular formula is C15H19NO4S.